The predicted molar refractivity (Wildman–Crippen MR) is 112 cm³/mol. The van der Waals surface area contributed by atoms with Gasteiger partial charge in [0.2, 0.25) is 11.8 Å². The van der Waals surface area contributed by atoms with E-state index in [4.69, 9.17) is 0 Å². The number of benzene rings is 2. The average molecular weight is 397 g/mol. The van der Waals surface area contributed by atoms with E-state index in [9.17, 15) is 14.0 Å². The zero-order chi connectivity index (χ0) is 20.8. The summed E-state index contributed by atoms with van der Waals surface area (Å²) in [6.07, 6.45) is 1.69. The average Bonchev–Trinajstić information content (AvgIpc) is 2.74. The van der Waals surface area contributed by atoms with Crippen LogP contribution in [0.4, 0.5) is 10.1 Å². The molecule has 3 unspecified atom stereocenters. The van der Waals surface area contributed by atoms with Crippen LogP contribution in [-0.4, -0.2) is 35.8 Å². The number of carbonyl (C=O) groups excluding carboxylic acids is 2. The molecule has 1 aliphatic heterocycles. The number of nitrogens with one attached hydrogen (secondary N) is 2. The number of para-hydroxylation sites is 1. The summed E-state index contributed by atoms with van der Waals surface area (Å²) in [6.45, 7) is 5.08. The van der Waals surface area contributed by atoms with Gasteiger partial charge in [0, 0.05) is 12.2 Å². The molecular formula is C23H28FN3O2. The van der Waals surface area contributed by atoms with Gasteiger partial charge in [-0.1, -0.05) is 30.3 Å². The van der Waals surface area contributed by atoms with Crippen LogP contribution in [0.2, 0.25) is 0 Å². The summed E-state index contributed by atoms with van der Waals surface area (Å²) in [7, 11) is 0. The summed E-state index contributed by atoms with van der Waals surface area (Å²) in [4.78, 5) is 27.4. The third-order valence-corrected chi connectivity index (χ3v) is 5.52. The number of nitrogens with zero attached hydrogens (tertiary/aromatic N) is 1. The molecule has 5 nitrogen and oxygen atoms in total. The van der Waals surface area contributed by atoms with Gasteiger partial charge in [0.25, 0.3) is 0 Å². The third-order valence-electron chi connectivity index (χ3n) is 5.52. The van der Waals surface area contributed by atoms with E-state index < -0.39 is 0 Å². The Morgan fingerprint density at radius 3 is 2.45 bits per heavy atom. The Kier molecular flexibility index (Phi) is 6.99. The van der Waals surface area contributed by atoms with Crippen molar-refractivity contribution in [2.24, 2.45) is 5.92 Å². The van der Waals surface area contributed by atoms with Gasteiger partial charge < -0.3 is 10.6 Å². The number of halogens is 1. The van der Waals surface area contributed by atoms with E-state index in [2.05, 4.69) is 15.5 Å². The number of hydrogen-bond acceptors (Lipinski definition) is 3. The quantitative estimate of drug-likeness (QED) is 0.781. The molecular weight excluding hydrogens is 369 g/mol. The van der Waals surface area contributed by atoms with Crippen LogP contribution in [0.15, 0.2) is 54.6 Å². The SMILES string of the molecule is CC(NC(=O)C(C)N1CCCC(C(=O)Nc2ccccc2)C1)c1ccc(F)cc1. The van der Waals surface area contributed by atoms with Crippen molar-refractivity contribution in [1.29, 1.82) is 0 Å². The Labute approximate surface area is 171 Å². The third kappa shape index (κ3) is 5.64. The molecule has 0 bridgehead atoms. The van der Waals surface area contributed by atoms with Crippen LogP contribution in [0.25, 0.3) is 0 Å². The second-order valence-electron chi connectivity index (χ2n) is 7.65. The lowest BCUT2D eigenvalue weighted by Crippen LogP contribution is -2.51. The molecule has 1 aliphatic rings. The van der Waals surface area contributed by atoms with Crippen molar-refractivity contribution in [3.05, 3.63) is 66.0 Å². The van der Waals surface area contributed by atoms with Gasteiger partial charge in [0.05, 0.1) is 18.0 Å². The fraction of sp³-hybridized carbons (Fsp3) is 0.391. The molecule has 1 saturated heterocycles. The lowest BCUT2D eigenvalue weighted by molar-refractivity contribution is -0.129. The van der Waals surface area contributed by atoms with Crippen LogP contribution in [0.5, 0.6) is 0 Å². The monoisotopic (exact) mass is 397 g/mol. The summed E-state index contributed by atoms with van der Waals surface area (Å²) in [5, 5.41) is 5.95. The first kappa shape index (κ1) is 21.0. The highest BCUT2D eigenvalue weighted by molar-refractivity contribution is 5.92. The molecule has 2 aromatic carbocycles. The molecule has 6 heteroatoms. The van der Waals surface area contributed by atoms with Crippen molar-refractivity contribution < 1.29 is 14.0 Å². The maximum Gasteiger partial charge on any atom is 0.237 e. The fourth-order valence-corrected chi connectivity index (χ4v) is 3.67. The van der Waals surface area contributed by atoms with Gasteiger partial charge in [-0.2, -0.15) is 0 Å². The van der Waals surface area contributed by atoms with E-state index in [1.54, 1.807) is 12.1 Å². The molecule has 0 spiro atoms. The number of amides is 2. The minimum absolute atomic E-state index is 0.00631. The molecule has 2 aromatic rings. The van der Waals surface area contributed by atoms with Gasteiger partial charge in [0.15, 0.2) is 0 Å². The zero-order valence-electron chi connectivity index (χ0n) is 16.9. The van der Waals surface area contributed by atoms with E-state index in [0.29, 0.717) is 6.54 Å². The van der Waals surface area contributed by atoms with Gasteiger partial charge in [-0.15, -0.1) is 0 Å². The van der Waals surface area contributed by atoms with Crippen LogP contribution in [0.3, 0.4) is 0 Å². The van der Waals surface area contributed by atoms with E-state index in [1.807, 2.05) is 44.2 Å². The van der Waals surface area contributed by atoms with Crippen molar-refractivity contribution in [1.82, 2.24) is 10.2 Å². The predicted octanol–water partition coefficient (Wildman–Crippen LogP) is 3.74. The second kappa shape index (κ2) is 9.65. The number of hydrogen-bond donors (Lipinski definition) is 2. The molecule has 0 aromatic heterocycles. The lowest BCUT2D eigenvalue weighted by atomic mass is 9.95. The minimum Gasteiger partial charge on any atom is -0.348 e. The Bertz CT molecular complexity index is 826. The largest absolute Gasteiger partial charge is 0.348 e. The van der Waals surface area contributed by atoms with Gasteiger partial charge >= 0.3 is 0 Å². The smallest absolute Gasteiger partial charge is 0.237 e. The number of piperidine rings is 1. The molecule has 0 radical (unpaired) electrons. The van der Waals surface area contributed by atoms with Crippen molar-refractivity contribution in [3.63, 3.8) is 0 Å². The molecule has 0 aliphatic carbocycles. The van der Waals surface area contributed by atoms with Crippen LogP contribution < -0.4 is 10.6 Å². The maximum atomic E-state index is 13.1. The highest BCUT2D eigenvalue weighted by Crippen LogP contribution is 2.21. The van der Waals surface area contributed by atoms with Crippen LogP contribution >= 0.6 is 0 Å². The summed E-state index contributed by atoms with van der Waals surface area (Å²) < 4.78 is 13.1. The molecule has 2 N–H and O–H groups in total. The van der Waals surface area contributed by atoms with Crippen molar-refractivity contribution in [2.75, 3.05) is 18.4 Å². The summed E-state index contributed by atoms with van der Waals surface area (Å²) >= 11 is 0. The first-order valence-corrected chi connectivity index (χ1v) is 10.1. The van der Waals surface area contributed by atoms with Crippen LogP contribution in [0, 0.1) is 11.7 Å². The van der Waals surface area contributed by atoms with Crippen molar-refractivity contribution >= 4 is 17.5 Å². The number of rotatable bonds is 6. The van der Waals surface area contributed by atoms with E-state index in [1.165, 1.54) is 12.1 Å². The second-order valence-corrected chi connectivity index (χ2v) is 7.65. The Morgan fingerprint density at radius 1 is 1.07 bits per heavy atom. The van der Waals surface area contributed by atoms with Crippen LogP contribution in [-0.2, 0) is 9.59 Å². The number of likely N-dealkylation sites (tertiary alicyclic amines) is 1. The van der Waals surface area contributed by atoms with Gasteiger partial charge in [0.1, 0.15) is 5.82 Å². The maximum absolute atomic E-state index is 13.1. The Morgan fingerprint density at radius 2 is 1.76 bits per heavy atom. The summed E-state index contributed by atoms with van der Waals surface area (Å²) in [6, 6.07) is 15.0. The van der Waals surface area contributed by atoms with E-state index >= 15 is 0 Å². The molecule has 0 saturated carbocycles. The first-order chi connectivity index (χ1) is 13.9. The molecule has 29 heavy (non-hydrogen) atoms. The summed E-state index contributed by atoms with van der Waals surface area (Å²) in [5.41, 5.74) is 1.64. The Hall–Kier alpha value is -2.73. The highest BCUT2D eigenvalue weighted by Gasteiger charge is 2.31. The lowest BCUT2D eigenvalue weighted by Gasteiger charge is -2.35. The molecule has 154 valence electrons. The summed E-state index contributed by atoms with van der Waals surface area (Å²) in [5.74, 6) is -0.540. The van der Waals surface area contributed by atoms with Gasteiger partial charge in [-0.25, -0.2) is 4.39 Å². The fourth-order valence-electron chi connectivity index (χ4n) is 3.67. The zero-order valence-corrected chi connectivity index (χ0v) is 16.9. The van der Waals surface area contributed by atoms with Crippen molar-refractivity contribution in [2.45, 2.75) is 38.8 Å². The minimum atomic E-state index is -0.342. The van der Waals surface area contributed by atoms with Crippen molar-refractivity contribution in [3.8, 4) is 0 Å². The number of carbonyl (C=O) groups is 2. The topological polar surface area (TPSA) is 61.4 Å². The van der Waals surface area contributed by atoms with E-state index in [0.717, 1.165) is 30.6 Å². The highest BCUT2D eigenvalue weighted by atomic mass is 19.1. The normalized spacial score (nSPS) is 19.2. The van der Waals surface area contributed by atoms with Gasteiger partial charge in [-0.05, 0) is 63.1 Å². The Balaban J connectivity index is 1.55. The number of anilines is 1. The molecule has 3 atom stereocenters. The molecule has 2 amide bonds. The standard InChI is InChI=1S/C23H28FN3O2/c1-16(18-10-12-20(24)13-11-18)25-22(28)17(2)27-14-6-7-19(15-27)23(29)26-21-8-4-3-5-9-21/h3-5,8-13,16-17,19H,6-7,14-15H2,1-2H3,(H,25,28)(H,26,29). The van der Waals surface area contributed by atoms with Gasteiger partial charge in [-0.3, -0.25) is 14.5 Å². The molecule has 1 heterocycles. The van der Waals surface area contributed by atoms with E-state index in [-0.39, 0.29) is 35.6 Å². The molecule has 3 rings (SSSR count). The molecule has 1 fully saturated rings. The van der Waals surface area contributed by atoms with Crippen LogP contribution in [0.1, 0.15) is 38.3 Å². The first-order valence-electron chi connectivity index (χ1n) is 10.1.